The van der Waals surface area contributed by atoms with Gasteiger partial charge in [-0.1, -0.05) is 6.92 Å². The maximum Gasteiger partial charge on any atom is 0.325 e. The van der Waals surface area contributed by atoms with Gasteiger partial charge in [0.1, 0.15) is 5.54 Å². The monoisotopic (exact) mass is 299 g/mol. The molecule has 1 heterocycles. The average Bonchev–Trinajstić information content (AvgIpc) is 2.85. The lowest BCUT2D eigenvalue weighted by atomic mass is 9.97. The van der Waals surface area contributed by atoms with E-state index in [2.05, 4.69) is 23.8 Å². The van der Waals surface area contributed by atoms with Crippen molar-refractivity contribution in [3.8, 4) is 0 Å². The summed E-state index contributed by atoms with van der Waals surface area (Å²) in [6, 6.07) is 0.689. The predicted molar refractivity (Wildman–Crippen MR) is 86.2 cm³/mol. The summed E-state index contributed by atoms with van der Waals surface area (Å²) in [5.41, 5.74) is 5.18. The van der Waals surface area contributed by atoms with E-state index in [0.717, 1.165) is 26.1 Å². The molecule has 0 aromatic rings. The minimum atomic E-state index is -0.861. The Morgan fingerprint density at radius 2 is 2.19 bits per heavy atom. The second-order valence-corrected chi connectivity index (χ2v) is 6.43. The Hall–Kier alpha value is -0.650. The van der Waals surface area contributed by atoms with Gasteiger partial charge < -0.3 is 15.4 Å². The quantitative estimate of drug-likeness (QED) is 0.653. The second-order valence-electron chi connectivity index (χ2n) is 6.43. The Balaban J connectivity index is 2.26. The Morgan fingerprint density at radius 1 is 1.48 bits per heavy atom. The fourth-order valence-electron chi connectivity index (χ4n) is 3.08. The first-order valence-corrected chi connectivity index (χ1v) is 8.29. The van der Waals surface area contributed by atoms with Crippen LogP contribution in [0, 0.1) is 0 Å². The third kappa shape index (κ3) is 5.93. The van der Waals surface area contributed by atoms with Gasteiger partial charge in [0, 0.05) is 12.6 Å². The number of nitrogens with two attached hydrogens (primary N) is 1. The van der Waals surface area contributed by atoms with Crippen LogP contribution in [0.1, 0.15) is 46.5 Å². The molecule has 2 N–H and O–H groups in total. The molecule has 0 saturated carbocycles. The maximum absolute atomic E-state index is 11.7. The zero-order valence-electron chi connectivity index (χ0n) is 14.2. The van der Waals surface area contributed by atoms with Gasteiger partial charge in [-0.05, 0) is 66.2 Å². The normalized spacial score (nSPS) is 22.5. The fourth-order valence-corrected chi connectivity index (χ4v) is 3.08. The number of likely N-dealkylation sites (N-methyl/N-ethyl adjacent to an activating group) is 2. The highest BCUT2D eigenvalue weighted by Crippen LogP contribution is 2.18. The van der Waals surface area contributed by atoms with Crippen LogP contribution >= 0.6 is 0 Å². The van der Waals surface area contributed by atoms with Crippen molar-refractivity contribution >= 4 is 5.97 Å². The Bertz CT molecular complexity index is 321. The first kappa shape index (κ1) is 18.4. The Labute approximate surface area is 129 Å². The van der Waals surface area contributed by atoms with Crippen LogP contribution in [0.2, 0.25) is 0 Å². The zero-order valence-corrected chi connectivity index (χ0v) is 14.2. The topological polar surface area (TPSA) is 58.8 Å². The summed E-state index contributed by atoms with van der Waals surface area (Å²) >= 11 is 0. The summed E-state index contributed by atoms with van der Waals surface area (Å²) in [5, 5.41) is 0. The third-order valence-electron chi connectivity index (χ3n) is 4.41. The lowest BCUT2D eigenvalue weighted by Gasteiger charge is -2.28. The van der Waals surface area contributed by atoms with Gasteiger partial charge in [0.15, 0.2) is 0 Å². The molecule has 0 spiro atoms. The molecular formula is C16H33N3O2. The molecule has 0 aromatic heterocycles. The van der Waals surface area contributed by atoms with Crippen LogP contribution in [0.15, 0.2) is 0 Å². The molecule has 0 aromatic carbocycles. The van der Waals surface area contributed by atoms with Gasteiger partial charge in [-0.15, -0.1) is 0 Å². The molecular weight excluding hydrogens is 266 g/mol. The van der Waals surface area contributed by atoms with E-state index in [4.69, 9.17) is 10.5 Å². The lowest BCUT2D eigenvalue weighted by Crippen LogP contribution is -2.46. The van der Waals surface area contributed by atoms with E-state index < -0.39 is 5.54 Å². The number of nitrogens with zero attached hydrogens (tertiary/aromatic N) is 2. The van der Waals surface area contributed by atoms with Crippen LogP contribution in [0.4, 0.5) is 0 Å². The second kappa shape index (κ2) is 8.71. The van der Waals surface area contributed by atoms with Crippen LogP contribution in [-0.2, 0) is 9.53 Å². The first-order valence-electron chi connectivity index (χ1n) is 8.29. The Morgan fingerprint density at radius 3 is 2.81 bits per heavy atom. The highest BCUT2D eigenvalue weighted by Gasteiger charge is 2.29. The highest BCUT2D eigenvalue weighted by molar-refractivity contribution is 5.79. The van der Waals surface area contributed by atoms with Crippen molar-refractivity contribution in [3.63, 3.8) is 0 Å². The maximum atomic E-state index is 11.7. The van der Waals surface area contributed by atoms with Gasteiger partial charge in [-0.3, -0.25) is 9.69 Å². The molecule has 2 unspecified atom stereocenters. The number of ether oxygens (including phenoxy) is 1. The van der Waals surface area contributed by atoms with Gasteiger partial charge in [-0.2, -0.15) is 0 Å². The molecule has 1 fully saturated rings. The minimum absolute atomic E-state index is 0.291. The summed E-state index contributed by atoms with van der Waals surface area (Å²) in [6.07, 6.45) is 4.20. The van der Waals surface area contributed by atoms with E-state index >= 15 is 0 Å². The van der Waals surface area contributed by atoms with E-state index in [0.29, 0.717) is 19.1 Å². The van der Waals surface area contributed by atoms with E-state index in [-0.39, 0.29) is 5.97 Å². The van der Waals surface area contributed by atoms with Gasteiger partial charge in [0.05, 0.1) is 6.61 Å². The zero-order chi connectivity index (χ0) is 15.9. The number of carbonyl (C=O) groups is 1. The van der Waals surface area contributed by atoms with Crippen LogP contribution in [-0.4, -0.2) is 67.2 Å². The van der Waals surface area contributed by atoms with E-state index in [1.54, 1.807) is 6.92 Å². The number of carbonyl (C=O) groups excluding carboxylic acids is 1. The standard InChI is InChI=1S/C16H33N3O2/c1-5-19-12-7-9-14(19)13-18(4)11-8-10-16(3,17)15(20)21-6-2/h14H,5-13,17H2,1-4H3. The SMILES string of the molecule is CCOC(=O)C(C)(N)CCCN(C)CC1CCCN1CC. The molecule has 1 aliphatic heterocycles. The molecule has 5 nitrogen and oxygen atoms in total. The van der Waals surface area contributed by atoms with E-state index in [1.165, 1.54) is 19.4 Å². The van der Waals surface area contributed by atoms with Crippen molar-refractivity contribution in [2.45, 2.75) is 58.0 Å². The molecule has 0 bridgehead atoms. The van der Waals surface area contributed by atoms with Crippen LogP contribution in [0.25, 0.3) is 0 Å². The number of hydrogen-bond acceptors (Lipinski definition) is 5. The smallest absolute Gasteiger partial charge is 0.325 e. The van der Waals surface area contributed by atoms with E-state index in [1.807, 2.05) is 6.92 Å². The molecule has 0 radical (unpaired) electrons. The largest absolute Gasteiger partial charge is 0.465 e. The van der Waals surface area contributed by atoms with Gasteiger partial charge >= 0.3 is 5.97 Å². The van der Waals surface area contributed by atoms with Crippen molar-refractivity contribution < 1.29 is 9.53 Å². The number of rotatable bonds is 9. The van der Waals surface area contributed by atoms with E-state index in [9.17, 15) is 4.79 Å². The Kier molecular flexibility index (Phi) is 7.63. The summed E-state index contributed by atoms with van der Waals surface area (Å²) in [7, 11) is 2.16. The van der Waals surface area contributed by atoms with Crippen LogP contribution < -0.4 is 5.73 Å². The molecule has 1 aliphatic rings. The summed E-state index contributed by atoms with van der Waals surface area (Å²) in [6.45, 7) is 10.6. The average molecular weight is 299 g/mol. The summed E-state index contributed by atoms with van der Waals surface area (Å²) in [4.78, 5) is 16.7. The predicted octanol–water partition coefficient (Wildman–Crippen LogP) is 1.46. The third-order valence-corrected chi connectivity index (χ3v) is 4.41. The first-order chi connectivity index (χ1) is 9.90. The van der Waals surface area contributed by atoms with Crippen molar-refractivity contribution in [2.24, 2.45) is 5.73 Å². The number of esters is 1. The molecule has 1 rings (SSSR count). The van der Waals surface area contributed by atoms with Gasteiger partial charge in [-0.25, -0.2) is 0 Å². The number of hydrogen-bond donors (Lipinski definition) is 1. The minimum Gasteiger partial charge on any atom is -0.465 e. The molecule has 0 aliphatic carbocycles. The van der Waals surface area contributed by atoms with Crippen molar-refractivity contribution in [3.05, 3.63) is 0 Å². The molecule has 124 valence electrons. The van der Waals surface area contributed by atoms with Gasteiger partial charge in [0.25, 0.3) is 0 Å². The molecule has 0 amide bonds. The highest BCUT2D eigenvalue weighted by atomic mass is 16.5. The fraction of sp³-hybridized carbons (Fsp3) is 0.938. The summed E-state index contributed by atoms with van der Waals surface area (Å²) in [5.74, 6) is -0.291. The molecule has 2 atom stereocenters. The molecule has 5 heteroatoms. The summed E-state index contributed by atoms with van der Waals surface area (Å²) < 4.78 is 5.02. The molecule has 1 saturated heterocycles. The number of likely N-dealkylation sites (tertiary alicyclic amines) is 1. The van der Waals surface area contributed by atoms with Crippen LogP contribution in [0.5, 0.6) is 0 Å². The van der Waals surface area contributed by atoms with Crippen molar-refractivity contribution in [1.29, 1.82) is 0 Å². The lowest BCUT2D eigenvalue weighted by molar-refractivity contribution is -0.149. The van der Waals surface area contributed by atoms with Crippen molar-refractivity contribution in [1.82, 2.24) is 9.80 Å². The van der Waals surface area contributed by atoms with Crippen LogP contribution in [0.3, 0.4) is 0 Å². The van der Waals surface area contributed by atoms with Crippen molar-refractivity contribution in [2.75, 3.05) is 39.8 Å². The molecule has 21 heavy (non-hydrogen) atoms. The van der Waals surface area contributed by atoms with Gasteiger partial charge in [0.2, 0.25) is 0 Å².